The van der Waals surface area contributed by atoms with Crippen LogP contribution in [-0.2, 0) is 0 Å². The van der Waals surface area contributed by atoms with E-state index in [4.69, 9.17) is 5.10 Å². The molecule has 0 aromatic heterocycles. The summed E-state index contributed by atoms with van der Waals surface area (Å²) in [6, 6.07) is 30.5. The van der Waals surface area contributed by atoms with Gasteiger partial charge < -0.3 is 0 Å². The summed E-state index contributed by atoms with van der Waals surface area (Å²) in [4.78, 5) is 0. The van der Waals surface area contributed by atoms with Crippen LogP contribution in [0.2, 0.25) is 0 Å². The summed E-state index contributed by atoms with van der Waals surface area (Å²) in [5, 5.41) is 16.5. The fourth-order valence-corrected chi connectivity index (χ4v) is 3.27. The number of para-hydroxylation sites is 1. The SMILES string of the molecule is N#Cc1ccccc1C1CC(c2ccccc2)=NN1c1ccccc1. The van der Waals surface area contributed by atoms with E-state index in [0.717, 1.165) is 28.9 Å². The summed E-state index contributed by atoms with van der Waals surface area (Å²) >= 11 is 0. The Bertz CT molecular complexity index is 940. The molecule has 3 aromatic carbocycles. The number of hydrogen-bond donors (Lipinski definition) is 0. The number of anilines is 1. The average molecular weight is 323 g/mol. The summed E-state index contributed by atoms with van der Waals surface area (Å²) in [5.74, 6) is 0. The Morgan fingerprint density at radius 1 is 0.840 bits per heavy atom. The molecular weight excluding hydrogens is 306 g/mol. The van der Waals surface area contributed by atoms with Gasteiger partial charge in [0.2, 0.25) is 0 Å². The van der Waals surface area contributed by atoms with Crippen molar-refractivity contribution >= 4 is 11.4 Å². The maximum absolute atomic E-state index is 9.51. The molecule has 1 aliphatic rings. The number of benzene rings is 3. The van der Waals surface area contributed by atoms with Crippen LogP contribution in [0.3, 0.4) is 0 Å². The third kappa shape index (κ3) is 2.90. The van der Waals surface area contributed by atoms with Crippen molar-refractivity contribution in [3.8, 4) is 6.07 Å². The molecule has 25 heavy (non-hydrogen) atoms. The van der Waals surface area contributed by atoms with Crippen molar-refractivity contribution in [1.29, 1.82) is 5.26 Å². The highest BCUT2D eigenvalue weighted by atomic mass is 15.5. The first-order chi connectivity index (χ1) is 12.4. The van der Waals surface area contributed by atoms with Crippen LogP contribution < -0.4 is 5.01 Å². The quantitative estimate of drug-likeness (QED) is 0.686. The van der Waals surface area contributed by atoms with Crippen molar-refractivity contribution in [1.82, 2.24) is 0 Å². The molecule has 0 saturated heterocycles. The maximum Gasteiger partial charge on any atom is 0.0995 e. The Balaban J connectivity index is 1.80. The van der Waals surface area contributed by atoms with Crippen LogP contribution in [0.1, 0.15) is 29.2 Å². The van der Waals surface area contributed by atoms with Gasteiger partial charge in [-0.3, -0.25) is 5.01 Å². The van der Waals surface area contributed by atoms with Crippen LogP contribution in [-0.4, -0.2) is 5.71 Å². The first kappa shape index (κ1) is 15.2. The Labute approximate surface area is 147 Å². The van der Waals surface area contributed by atoms with E-state index in [1.807, 2.05) is 65.7 Å². The topological polar surface area (TPSA) is 39.4 Å². The van der Waals surface area contributed by atoms with Gasteiger partial charge in [-0.2, -0.15) is 10.4 Å². The molecule has 0 radical (unpaired) electrons. The minimum Gasteiger partial charge on any atom is -0.257 e. The third-order valence-corrected chi connectivity index (χ3v) is 4.48. The average Bonchev–Trinajstić information content (AvgIpc) is 3.14. The lowest BCUT2D eigenvalue weighted by Crippen LogP contribution is -2.19. The smallest absolute Gasteiger partial charge is 0.0995 e. The highest BCUT2D eigenvalue weighted by Crippen LogP contribution is 2.37. The van der Waals surface area contributed by atoms with Crippen LogP contribution >= 0.6 is 0 Å². The molecule has 0 amide bonds. The summed E-state index contributed by atoms with van der Waals surface area (Å²) in [5.41, 5.74) is 4.93. The van der Waals surface area contributed by atoms with E-state index in [1.165, 1.54) is 0 Å². The molecule has 3 nitrogen and oxygen atoms in total. The van der Waals surface area contributed by atoms with Gasteiger partial charge in [0.25, 0.3) is 0 Å². The summed E-state index contributed by atoms with van der Waals surface area (Å²) in [6.07, 6.45) is 0.775. The highest BCUT2D eigenvalue weighted by Gasteiger charge is 2.31. The first-order valence-electron chi connectivity index (χ1n) is 8.33. The van der Waals surface area contributed by atoms with E-state index in [9.17, 15) is 5.26 Å². The molecule has 1 atom stereocenters. The fraction of sp³-hybridized carbons (Fsp3) is 0.0909. The van der Waals surface area contributed by atoms with Crippen LogP contribution in [0.25, 0.3) is 0 Å². The molecule has 3 aromatic rings. The molecule has 1 aliphatic heterocycles. The lowest BCUT2D eigenvalue weighted by atomic mass is 9.95. The van der Waals surface area contributed by atoms with E-state index in [1.54, 1.807) is 0 Å². The predicted molar refractivity (Wildman–Crippen MR) is 100 cm³/mol. The lowest BCUT2D eigenvalue weighted by molar-refractivity contribution is 0.707. The molecule has 0 saturated carbocycles. The summed E-state index contributed by atoms with van der Waals surface area (Å²) in [7, 11) is 0. The maximum atomic E-state index is 9.51. The van der Waals surface area contributed by atoms with E-state index in [-0.39, 0.29) is 6.04 Å². The zero-order valence-electron chi connectivity index (χ0n) is 13.7. The van der Waals surface area contributed by atoms with E-state index < -0.39 is 0 Å². The normalized spacial score (nSPS) is 16.4. The van der Waals surface area contributed by atoms with Gasteiger partial charge in [0.05, 0.1) is 29.1 Å². The molecule has 4 rings (SSSR count). The lowest BCUT2D eigenvalue weighted by Gasteiger charge is -2.24. The van der Waals surface area contributed by atoms with Crippen molar-refractivity contribution in [2.24, 2.45) is 5.10 Å². The molecule has 1 heterocycles. The molecule has 0 bridgehead atoms. The molecule has 3 heteroatoms. The van der Waals surface area contributed by atoms with Crippen LogP contribution in [0.4, 0.5) is 5.69 Å². The van der Waals surface area contributed by atoms with Crippen molar-refractivity contribution < 1.29 is 0 Å². The fourth-order valence-electron chi connectivity index (χ4n) is 3.27. The Kier molecular flexibility index (Phi) is 4.02. The van der Waals surface area contributed by atoms with Crippen molar-refractivity contribution in [2.75, 3.05) is 5.01 Å². The zero-order chi connectivity index (χ0) is 17.1. The van der Waals surface area contributed by atoms with Gasteiger partial charge >= 0.3 is 0 Å². The highest BCUT2D eigenvalue weighted by molar-refractivity contribution is 6.03. The monoisotopic (exact) mass is 323 g/mol. The van der Waals surface area contributed by atoms with Gasteiger partial charge in [-0.05, 0) is 29.3 Å². The van der Waals surface area contributed by atoms with Crippen molar-refractivity contribution in [2.45, 2.75) is 12.5 Å². The van der Waals surface area contributed by atoms with Crippen LogP contribution in [0.15, 0.2) is 90.0 Å². The molecule has 1 unspecified atom stereocenters. The molecule has 0 fully saturated rings. The van der Waals surface area contributed by atoms with Gasteiger partial charge in [0.15, 0.2) is 0 Å². The number of nitriles is 1. The van der Waals surface area contributed by atoms with Crippen LogP contribution in [0, 0.1) is 11.3 Å². The number of hydrazone groups is 1. The molecular formula is C22H17N3. The second-order valence-electron chi connectivity index (χ2n) is 6.01. The van der Waals surface area contributed by atoms with Gasteiger partial charge in [-0.15, -0.1) is 0 Å². The number of nitrogens with zero attached hydrogens (tertiary/aromatic N) is 3. The van der Waals surface area contributed by atoms with Crippen molar-refractivity contribution in [3.05, 3.63) is 102 Å². The van der Waals surface area contributed by atoms with E-state index >= 15 is 0 Å². The van der Waals surface area contributed by atoms with E-state index in [0.29, 0.717) is 5.56 Å². The largest absolute Gasteiger partial charge is 0.257 e. The zero-order valence-corrected chi connectivity index (χ0v) is 13.7. The van der Waals surface area contributed by atoms with Gasteiger partial charge in [0, 0.05) is 6.42 Å². The molecule has 0 aliphatic carbocycles. The molecule has 120 valence electrons. The Morgan fingerprint density at radius 2 is 1.48 bits per heavy atom. The molecule has 0 N–H and O–H groups in total. The third-order valence-electron chi connectivity index (χ3n) is 4.48. The second kappa shape index (κ2) is 6.62. The minimum atomic E-state index is 0.0217. The van der Waals surface area contributed by atoms with Gasteiger partial charge in [0.1, 0.15) is 0 Å². The molecule has 0 spiro atoms. The number of rotatable bonds is 3. The Morgan fingerprint density at radius 3 is 2.20 bits per heavy atom. The predicted octanol–water partition coefficient (Wildman–Crippen LogP) is 4.91. The van der Waals surface area contributed by atoms with E-state index in [2.05, 4.69) is 30.3 Å². The summed E-state index contributed by atoms with van der Waals surface area (Å²) in [6.45, 7) is 0. The Hall–Kier alpha value is -3.38. The second-order valence-corrected chi connectivity index (χ2v) is 6.01. The number of hydrogen-bond acceptors (Lipinski definition) is 3. The minimum absolute atomic E-state index is 0.0217. The standard InChI is InChI=1S/C22H17N3/c23-16-18-11-7-8-14-20(18)22-15-21(17-9-3-1-4-10-17)24-25(22)19-12-5-2-6-13-19/h1-14,22H,15H2. The first-order valence-corrected chi connectivity index (χ1v) is 8.33. The van der Waals surface area contributed by atoms with Gasteiger partial charge in [-0.25, -0.2) is 0 Å². The van der Waals surface area contributed by atoms with Crippen LogP contribution in [0.5, 0.6) is 0 Å². The summed E-state index contributed by atoms with van der Waals surface area (Å²) < 4.78 is 0. The van der Waals surface area contributed by atoms with Gasteiger partial charge in [-0.1, -0.05) is 66.7 Å². The van der Waals surface area contributed by atoms with Crippen molar-refractivity contribution in [3.63, 3.8) is 0 Å².